The minimum Gasteiger partial charge on any atom is -0.454 e. The normalized spacial score (nSPS) is 13.7. The molecule has 6 nitrogen and oxygen atoms in total. The lowest BCUT2D eigenvalue weighted by Gasteiger charge is -2.16. The van der Waals surface area contributed by atoms with Gasteiger partial charge in [0.2, 0.25) is 5.82 Å². The van der Waals surface area contributed by atoms with Gasteiger partial charge in [-0.05, 0) is 43.2 Å². The maximum Gasteiger partial charge on any atom is 0.417 e. The van der Waals surface area contributed by atoms with Crippen molar-refractivity contribution in [3.63, 3.8) is 0 Å². The molecule has 1 aliphatic heterocycles. The van der Waals surface area contributed by atoms with Gasteiger partial charge in [0.25, 0.3) is 5.91 Å². The Balaban J connectivity index is 1.40. The zero-order valence-electron chi connectivity index (χ0n) is 19.5. The van der Waals surface area contributed by atoms with Crippen LogP contribution in [0.2, 0.25) is 5.02 Å². The van der Waals surface area contributed by atoms with Gasteiger partial charge in [-0.25, -0.2) is 9.37 Å². The summed E-state index contributed by atoms with van der Waals surface area (Å²) in [6, 6.07) is 8.93. The number of carbonyl (C=O) groups is 1. The minimum absolute atomic E-state index is 0.139. The van der Waals surface area contributed by atoms with Crippen LogP contribution in [0.4, 0.5) is 33.5 Å². The molecule has 5 rings (SSSR count). The highest BCUT2D eigenvalue weighted by Crippen LogP contribution is 2.36. The molecule has 0 aliphatic carbocycles. The first-order chi connectivity index (χ1) is 18.1. The summed E-state index contributed by atoms with van der Waals surface area (Å²) in [5, 5.41) is 1.68. The van der Waals surface area contributed by atoms with Crippen LogP contribution < -0.4 is 15.0 Å². The van der Waals surface area contributed by atoms with Crippen LogP contribution in [-0.4, -0.2) is 29.0 Å². The molecule has 2 heterocycles. The highest BCUT2D eigenvalue weighted by Gasteiger charge is 2.34. The van der Waals surface area contributed by atoms with E-state index in [0.29, 0.717) is 29.0 Å². The number of halogens is 6. The van der Waals surface area contributed by atoms with Crippen LogP contribution >= 0.6 is 11.6 Å². The Hall–Kier alpha value is -3.99. The number of nitrogens with zero attached hydrogens (tertiary/aromatic N) is 3. The summed E-state index contributed by atoms with van der Waals surface area (Å²) in [7, 11) is 0. The Morgan fingerprint density at radius 1 is 1.00 bits per heavy atom. The molecule has 38 heavy (non-hydrogen) atoms. The largest absolute Gasteiger partial charge is 0.454 e. The van der Waals surface area contributed by atoms with Crippen LogP contribution in [0.3, 0.4) is 0 Å². The van der Waals surface area contributed by atoms with E-state index in [4.69, 9.17) is 16.3 Å². The van der Waals surface area contributed by atoms with Gasteiger partial charge in [0, 0.05) is 42.5 Å². The summed E-state index contributed by atoms with van der Waals surface area (Å²) in [6.07, 6.45) is -0.992. The van der Waals surface area contributed by atoms with Crippen molar-refractivity contribution in [3.05, 3.63) is 82.5 Å². The molecule has 0 radical (unpaired) electrons. The molecule has 0 spiro atoms. The fourth-order valence-electron chi connectivity index (χ4n) is 4.07. The van der Waals surface area contributed by atoms with E-state index in [1.807, 2.05) is 0 Å². The maximum atomic E-state index is 14.6. The number of hydrogen-bond acceptors (Lipinski definition) is 5. The first-order valence-corrected chi connectivity index (χ1v) is 11.8. The monoisotopic (exact) mass is 548 g/mol. The quantitative estimate of drug-likeness (QED) is 0.267. The number of nitrogens with one attached hydrogen (secondary N) is 1. The van der Waals surface area contributed by atoms with E-state index >= 15 is 0 Å². The van der Waals surface area contributed by atoms with Gasteiger partial charge in [0.1, 0.15) is 11.6 Å². The number of aromatic nitrogens is 2. The number of carbonyl (C=O) groups excluding carboxylic acids is 1. The fraction of sp³-hybridized carbons (Fsp3) is 0.192. The molecule has 0 bridgehead atoms. The van der Waals surface area contributed by atoms with Gasteiger partial charge in [-0.1, -0.05) is 11.6 Å². The van der Waals surface area contributed by atoms with Crippen molar-refractivity contribution in [2.45, 2.75) is 19.0 Å². The molecule has 1 aliphatic rings. The van der Waals surface area contributed by atoms with Gasteiger partial charge < -0.3 is 15.0 Å². The number of benzene rings is 3. The zero-order valence-corrected chi connectivity index (χ0v) is 20.2. The molecule has 1 amide bonds. The third-order valence-corrected chi connectivity index (χ3v) is 6.28. The number of hydrogen-bond donors (Lipinski definition) is 1. The predicted molar refractivity (Wildman–Crippen MR) is 132 cm³/mol. The lowest BCUT2D eigenvalue weighted by atomic mass is 10.1. The van der Waals surface area contributed by atoms with Crippen molar-refractivity contribution in [2.75, 3.05) is 23.3 Å². The third kappa shape index (κ3) is 5.33. The van der Waals surface area contributed by atoms with Crippen molar-refractivity contribution in [1.82, 2.24) is 9.97 Å². The standard InChI is InChI=1S/C26H18ClF5N4O2/c27-18-5-3-14(9-17(18)26(30,31)32)25(37)34-15-10-19(28)24(29)22(11-15)38-16-4-6-20-21(12-16)35-23(13-33-20)36-7-1-2-8-36/h3-6,9-13H,1-2,7-8H2,(H,34,37). The van der Waals surface area contributed by atoms with Crippen molar-refractivity contribution in [2.24, 2.45) is 0 Å². The van der Waals surface area contributed by atoms with Gasteiger partial charge in [-0.15, -0.1) is 0 Å². The Kier molecular flexibility index (Phi) is 6.78. The molecule has 12 heteroatoms. The number of fused-ring (bicyclic) bond motifs is 1. The van der Waals surface area contributed by atoms with E-state index in [-0.39, 0.29) is 17.0 Å². The topological polar surface area (TPSA) is 67.3 Å². The first-order valence-electron chi connectivity index (χ1n) is 11.5. The average molecular weight is 549 g/mol. The van der Waals surface area contributed by atoms with Crippen LogP contribution in [-0.2, 0) is 6.18 Å². The molecule has 1 saturated heterocycles. The molecule has 3 aromatic carbocycles. The number of alkyl halides is 3. The predicted octanol–water partition coefficient (Wildman–Crippen LogP) is 7.23. The van der Waals surface area contributed by atoms with E-state index in [2.05, 4.69) is 20.2 Å². The molecule has 0 atom stereocenters. The van der Waals surface area contributed by atoms with Gasteiger partial charge in [-0.3, -0.25) is 9.78 Å². The molecule has 1 aromatic heterocycles. The summed E-state index contributed by atoms with van der Waals surface area (Å²) in [6.45, 7) is 1.74. The summed E-state index contributed by atoms with van der Waals surface area (Å²) in [5.41, 5.74) is -0.747. The van der Waals surface area contributed by atoms with Gasteiger partial charge in [-0.2, -0.15) is 17.6 Å². The highest BCUT2D eigenvalue weighted by molar-refractivity contribution is 6.31. The molecule has 4 aromatic rings. The van der Waals surface area contributed by atoms with Crippen molar-refractivity contribution < 1.29 is 31.5 Å². The van der Waals surface area contributed by atoms with Gasteiger partial charge >= 0.3 is 6.18 Å². The zero-order chi connectivity index (χ0) is 27.0. The number of amides is 1. The second-order valence-electron chi connectivity index (χ2n) is 8.59. The summed E-state index contributed by atoms with van der Waals surface area (Å²) in [4.78, 5) is 23.6. The lowest BCUT2D eigenvalue weighted by Crippen LogP contribution is -2.19. The minimum atomic E-state index is -4.78. The van der Waals surface area contributed by atoms with E-state index in [1.165, 1.54) is 12.1 Å². The van der Waals surface area contributed by atoms with Crippen molar-refractivity contribution in [3.8, 4) is 11.5 Å². The Labute approximate surface area is 218 Å². The van der Waals surface area contributed by atoms with E-state index in [9.17, 15) is 26.7 Å². The molecule has 196 valence electrons. The lowest BCUT2D eigenvalue weighted by molar-refractivity contribution is -0.137. The smallest absolute Gasteiger partial charge is 0.417 e. The molecular formula is C26H18ClF5N4O2. The molecule has 1 fully saturated rings. The Morgan fingerprint density at radius 3 is 2.50 bits per heavy atom. The third-order valence-electron chi connectivity index (χ3n) is 5.95. The van der Waals surface area contributed by atoms with Crippen LogP contribution in [0, 0.1) is 11.6 Å². The Bertz CT molecular complexity index is 1540. The Morgan fingerprint density at radius 2 is 1.76 bits per heavy atom. The summed E-state index contributed by atoms with van der Waals surface area (Å²) in [5.74, 6) is -3.34. The first kappa shape index (κ1) is 25.7. The molecule has 1 N–H and O–H groups in total. The molecule has 0 saturated carbocycles. The number of rotatable bonds is 5. The van der Waals surface area contributed by atoms with Gasteiger partial charge in [0.05, 0.1) is 27.8 Å². The number of anilines is 2. The molecular weight excluding hydrogens is 531 g/mol. The van der Waals surface area contributed by atoms with Crippen molar-refractivity contribution >= 4 is 40.0 Å². The van der Waals surface area contributed by atoms with Crippen molar-refractivity contribution in [1.29, 1.82) is 0 Å². The highest BCUT2D eigenvalue weighted by atomic mass is 35.5. The van der Waals surface area contributed by atoms with Crippen LogP contribution in [0.5, 0.6) is 11.5 Å². The second-order valence-corrected chi connectivity index (χ2v) is 9.00. The van der Waals surface area contributed by atoms with E-state index in [0.717, 1.165) is 44.1 Å². The van der Waals surface area contributed by atoms with E-state index < -0.39 is 40.1 Å². The van der Waals surface area contributed by atoms with E-state index in [1.54, 1.807) is 12.3 Å². The molecule has 0 unspecified atom stereocenters. The summed E-state index contributed by atoms with van der Waals surface area (Å²) >= 11 is 5.59. The second kappa shape index (κ2) is 10.1. The number of ether oxygens (including phenoxy) is 1. The maximum absolute atomic E-state index is 14.6. The van der Waals surface area contributed by atoms with Crippen LogP contribution in [0.15, 0.2) is 54.7 Å². The SMILES string of the molecule is O=C(Nc1cc(F)c(F)c(Oc2ccc3ncc(N4CCCC4)nc3c2)c1)c1ccc(Cl)c(C(F)(F)F)c1. The summed E-state index contributed by atoms with van der Waals surface area (Å²) < 4.78 is 73.9. The van der Waals surface area contributed by atoms with Crippen LogP contribution in [0.25, 0.3) is 11.0 Å². The average Bonchev–Trinajstić information content (AvgIpc) is 3.41. The van der Waals surface area contributed by atoms with Gasteiger partial charge in [0.15, 0.2) is 11.6 Å². The fourth-order valence-corrected chi connectivity index (χ4v) is 4.29. The van der Waals surface area contributed by atoms with Crippen LogP contribution in [0.1, 0.15) is 28.8 Å².